The second-order valence-corrected chi connectivity index (χ2v) is 3.57. The molecule has 1 aromatic rings. The minimum atomic E-state index is 0.631. The second-order valence-electron chi connectivity index (χ2n) is 3.57. The molecule has 0 bridgehead atoms. The molecule has 0 aliphatic heterocycles. The Labute approximate surface area is 91.5 Å². The Bertz CT molecular complexity index is 352. The van der Waals surface area contributed by atoms with Gasteiger partial charge >= 0.3 is 0 Å². The van der Waals surface area contributed by atoms with Crippen LogP contribution >= 0.6 is 0 Å². The fourth-order valence-corrected chi connectivity index (χ4v) is 1.68. The van der Waals surface area contributed by atoms with Crippen LogP contribution in [-0.2, 0) is 6.42 Å². The summed E-state index contributed by atoms with van der Waals surface area (Å²) in [6.07, 6.45) is 4.58. The molecule has 0 N–H and O–H groups in total. The molecule has 0 heterocycles. The lowest BCUT2D eigenvalue weighted by atomic mass is 10.0. The molecule has 0 aromatic heterocycles. The first kappa shape index (κ1) is 11.6. The van der Waals surface area contributed by atoms with Crippen molar-refractivity contribution in [2.75, 3.05) is 7.11 Å². The minimum absolute atomic E-state index is 0.631. The van der Waals surface area contributed by atoms with Gasteiger partial charge in [-0.3, -0.25) is 0 Å². The first-order valence-corrected chi connectivity index (χ1v) is 5.39. The van der Waals surface area contributed by atoms with Gasteiger partial charge < -0.3 is 4.74 Å². The van der Waals surface area contributed by atoms with Crippen LogP contribution in [0.5, 0.6) is 5.75 Å². The van der Waals surface area contributed by atoms with Crippen LogP contribution in [0.15, 0.2) is 18.2 Å². The molecule has 0 spiro atoms. The van der Waals surface area contributed by atoms with E-state index in [1.54, 1.807) is 13.2 Å². The van der Waals surface area contributed by atoms with Crippen LogP contribution in [0.3, 0.4) is 0 Å². The molecule has 0 saturated carbocycles. The van der Waals surface area contributed by atoms with Gasteiger partial charge in [-0.25, -0.2) is 0 Å². The van der Waals surface area contributed by atoms with Gasteiger partial charge in [0.2, 0.25) is 0 Å². The highest BCUT2D eigenvalue weighted by Crippen LogP contribution is 2.24. The Kier molecular flexibility index (Phi) is 4.70. The van der Waals surface area contributed by atoms with E-state index >= 15 is 0 Å². The highest BCUT2D eigenvalue weighted by atomic mass is 16.5. The van der Waals surface area contributed by atoms with E-state index in [2.05, 4.69) is 13.0 Å². The van der Waals surface area contributed by atoms with Gasteiger partial charge in [0, 0.05) is 0 Å². The number of nitrogens with zero attached hydrogens (tertiary/aromatic N) is 1. The number of hydrogen-bond donors (Lipinski definition) is 0. The summed E-state index contributed by atoms with van der Waals surface area (Å²) in [5.74, 6) is 0.746. The number of nitriles is 1. The summed E-state index contributed by atoms with van der Waals surface area (Å²) < 4.78 is 5.28. The van der Waals surface area contributed by atoms with Crippen LogP contribution in [0, 0.1) is 11.3 Å². The molecule has 0 amide bonds. The van der Waals surface area contributed by atoms with Crippen LogP contribution in [0.25, 0.3) is 0 Å². The molecule has 0 radical (unpaired) electrons. The maximum atomic E-state index is 8.92. The summed E-state index contributed by atoms with van der Waals surface area (Å²) in [4.78, 5) is 0. The number of para-hydroxylation sites is 1. The lowest BCUT2D eigenvalue weighted by Crippen LogP contribution is -1.95. The van der Waals surface area contributed by atoms with Crippen molar-refractivity contribution in [3.05, 3.63) is 29.3 Å². The smallest absolute Gasteiger partial charge is 0.139 e. The average Bonchev–Trinajstić information content (AvgIpc) is 2.29. The van der Waals surface area contributed by atoms with Crippen molar-refractivity contribution in [3.8, 4) is 11.8 Å². The van der Waals surface area contributed by atoms with Crippen LogP contribution in [0.1, 0.15) is 37.3 Å². The van der Waals surface area contributed by atoms with Gasteiger partial charge in [0.1, 0.15) is 11.8 Å². The minimum Gasteiger partial charge on any atom is -0.495 e. The fourth-order valence-electron chi connectivity index (χ4n) is 1.68. The van der Waals surface area contributed by atoms with Crippen molar-refractivity contribution in [2.45, 2.75) is 32.6 Å². The van der Waals surface area contributed by atoms with Crippen LogP contribution in [0.2, 0.25) is 0 Å². The summed E-state index contributed by atoms with van der Waals surface area (Å²) >= 11 is 0. The molecule has 1 rings (SSSR count). The molecule has 0 unspecified atom stereocenters. The van der Waals surface area contributed by atoms with E-state index < -0.39 is 0 Å². The molecule has 2 nitrogen and oxygen atoms in total. The number of aryl methyl sites for hydroxylation is 1. The van der Waals surface area contributed by atoms with E-state index in [1.165, 1.54) is 12.8 Å². The largest absolute Gasteiger partial charge is 0.495 e. The van der Waals surface area contributed by atoms with Crippen molar-refractivity contribution >= 4 is 0 Å². The molecule has 2 heteroatoms. The molecule has 0 aliphatic carbocycles. The van der Waals surface area contributed by atoms with Crippen LogP contribution in [-0.4, -0.2) is 7.11 Å². The summed E-state index contributed by atoms with van der Waals surface area (Å²) in [7, 11) is 1.62. The van der Waals surface area contributed by atoms with Gasteiger partial charge in [0.05, 0.1) is 12.7 Å². The third-order valence-electron chi connectivity index (χ3n) is 2.47. The van der Waals surface area contributed by atoms with Crippen molar-refractivity contribution in [3.63, 3.8) is 0 Å². The van der Waals surface area contributed by atoms with Gasteiger partial charge in [-0.05, 0) is 24.5 Å². The number of rotatable bonds is 5. The van der Waals surface area contributed by atoms with Crippen molar-refractivity contribution in [1.82, 2.24) is 0 Å². The summed E-state index contributed by atoms with van der Waals surface area (Å²) in [5, 5.41) is 8.92. The zero-order chi connectivity index (χ0) is 11.1. The van der Waals surface area contributed by atoms with E-state index in [9.17, 15) is 0 Å². The maximum Gasteiger partial charge on any atom is 0.139 e. The van der Waals surface area contributed by atoms with Crippen molar-refractivity contribution in [1.29, 1.82) is 5.26 Å². The number of ether oxygens (including phenoxy) is 1. The first-order valence-electron chi connectivity index (χ1n) is 5.39. The molecular formula is C13H17NO. The number of methoxy groups -OCH3 is 1. The Hall–Kier alpha value is -1.49. The monoisotopic (exact) mass is 203 g/mol. The van der Waals surface area contributed by atoms with Crippen molar-refractivity contribution in [2.24, 2.45) is 0 Å². The van der Waals surface area contributed by atoms with Gasteiger partial charge in [-0.15, -0.1) is 0 Å². The number of unbranched alkanes of at least 4 members (excludes halogenated alkanes) is 2. The molecule has 1 aromatic carbocycles. The number of benzene rings is 1. The van der Waals surface area contributed by atoms with Crippen LogP contribution < -0.4 is 4.74 Å². The standard InChI is InChI=1S/C13H17NO/c1-3-4-5-7-11-8-6-9-12(10-14)13(11)15-2/h6,8-9H,3-5,7H2,1-2H3. The normalized spacial score (nSPS) is 9.67. The molecule has 80 valence electrons. The summed E-state index contributed by atoms with van der Waals surface area (Å²) in [6, 6.07) is 7.90. The maximum absolute atomic E-state index is 8.92. The third kappa shape index (κ3) is 2.99. The topological polar surface area (TPSA) is 33.0 Å². The number of hydrogen-bond acceptors (Lipinski definition) is 2. The zero-order valence-electron chi connectivity index (χ0n) is 9.42. The molecule has 0 fully saturated rings. The summed E-state index contributed by atoms with van der Waals surface area (Å²) in [6.45, 7) is 2.18. The van der Waals surface area contributed by atoms with Gasteiger partial charge in [-0.2, -0.15) is 5.26 Å². The summed E-state index contributed by atoms with van der Waals surface area (Å²) in [5.41, 5.74) is 1.77. The highest BCUT2D eigenvalue weighted by molar-refractivity contribution is 5.48. The Balaban J connectivity index is 2.82. The molecule has 0 saturated heterocycles. The molecule has 15 heavy (non-hydrogen) atoms. The van der Waals surface area contributed by atoms with E-state index in [-0.39, 0.29) is 0 Å². The van der Waals surface area contributed by atoms with Gasteiger partial charge in [0.25, 0.3) is 0 Å². The second kappa shape index (κ2) is 6.08. The average molecular weight is 203 g/mol. The van der Waals surface area contributed by atoms with E-state index in [0.717, 1.165) is 24.2 Å². The molecular weight excluding hydrogens is 186 g/mol. The predicted molar refractivity (Wildman–Crippen MR) is 60.9 cm³/mol. The lowest BCUT2D eigenvalue weighted by Gasteiger charge is -2.09. The molecule has 0 aliphatic rings. The SMILES string of the molecule is CCCCCc1cccc(C#N)c1OC. The highest BCUT2D eigenvalue weighted by Gasteiger charge is 2.07. The van der Waals surface area contributed by atoms with Crippen LogP contribution in [0.4, 0.5) is 0 Å². The van der Waals surface area contributed by atoms with Gasteiger partial charge in [0.15, 0.2) is 0 Å². The lowest BCUT2D eigenvalue weighted by molar-refractivity contribution is 0.407. The quantitative estimate of drug-likeness (QED) is 0.688. The fraction of sp³-hybridized carbons (Fsp3) is 0.462. The molecule has 0 atom stereocenters. The Morgan fingerprint density at radius 1 is 1.33 bits per heavy atom. The Morgan fingerprint density at radius 2 is 2.13 bits per heavy atom. The zero-order valence-corrected chi connectivity index (χ0v) is 9.42. The Morgan fingerprint density at radius 3 is 2.73 bits per heavy atom. The van der Waals surface area contributed by atoms with Gasteiger partial charge in [-0.1, -0.05) is 31.9 Å². The predicted octanol–water partition coefficient (Wildman–Crippen LogP) is 3.30. The van der Waals surface area contributed by atoms with E-state index in [0.29, 0.717) is 5.56 Å². The van der Waals surface area contributed by atoms with Crippen molar-refractivity contribution < 1.29 is 4.74 Å². The van der Waals surface area contributed by atoms with E-state index in [1.807, 2.05) is 12.1 Å². The van der Waals surface area contributed by atoms with E-state index in [4.69, 9.17) is 10.00 Å². The first-order chi connectivity index (χ1) is 7.33. The third-order valence-corrected chi connectivity index (χ3v) is 2.47.